The number of hydrogen-bond donors (Lipinski definition) is 1. The number of Topliss-reactive ketones (excluding diaryl/α,β-unsaturated/α-hetero) is 1. The monoisotopic (exact) mass is 399 g/mol. The van der Waals surface area contributed by atoms with Gasteiger partial charge in [-0.15, -0.1) is 0 Å². The van der Waals surface area contributed by atoms with E-state index < -0.39 is 17.7 Å². The molecule has 1 aliphatic rings. The molecule has 0 radical (unpaired) electrons. The van der Waals surface area contributed by atoms with Gasteiger partial charge in [0.05, 0.1) is 11.3 Å². The second-order valence-corrected chi connectivity index (χ2v) is 7.12. The predicted molar refractivity (Wildman–Crippen MR) is 111 cm³/mol. The predicted octanol–water partition coefficient (Wildman–Crippen LogP) is 3.57. The van der Waals surface area contributed by atoms with Crippen molar-refractivity contribution in [2.45, 2.75) is 25.4 Å². The second kappa shape index (κ2) is 8.69. The fourth-order valence-electron chi connectivity index (χ4n) is 3.67. The number of aromatic nitrogens is 2. The fraction of sp³-hybridized carbons (Fsp3) is 0.167. The summed E-state index contributed by atoms with van der Waals surface area (Å²) in [6.45, 7) is 0.216. The van der Waals surface area contributed by atoms with Crippen molar-refractivity contribution in [1.29, 1.82) is 0 Å². The largest absolute Gasteiger partial charge is 0.503 e. The van der Waals surface area contributed by atoms with Gasteiger partial charge >= 0.3 is 0 Å². The number of amides is 1. The molecule has 0 fully saturated rings. The summed E-state index contributed by atoms with van der Waals surface area (Å²) in [4.78, 5) is 36.0. The van der Waals surface area contributed by atoms with Gasteiger partial charge in [-0.2, -0.15) is 0 Å². The van der Waals surface area contributed by atoms with Gasteiger partial charge in [0.2, 0.25) is 0 Å². The molecule has 4 rings (SSSR count). The minimum atomic E-state index is -0.734. The lowest BCUT2D eigenvalue weighted by Gasteiger charge is -2.26. The van der Waals surface area contributed by atoms with Gasteiger partial charge in [-0.25, -0.2) is 0 Å². The van der Waals surface area contributed by atoms with Gasteiger partial charge in [0.25, 0.3) is 5.91 Å². The van der Waals surface area contributed by atoms with Crippen LogP contribution in [0.5, 0.6) is 0 Å². The number of carbonyl (C=O) groups is 2. The Bertz CT molecular complexity index is 1070. The summed E-state index contributed by atoms with van der Waals surface area (Å²) in [6, 6.07) is 17.9. The number of benzene rings is 1. The van der Waals surface area contributed by atoms with Gasteiger partial charge in [-0.1, -0.05) is 42.5 Å². The Morgan fingerprint density at radius 2 is 1.73 bits per heavy atom. The van der Waals surface area contributed by atoms with Crippen LogP contribution in [0.15, 0.2) is 90.6 Å². The molecule has 150 valence electrons. The average Bonchev–Trinajstić information content (AvgIpc) is 3.04. The van der Waals surface area contributed by atoms with Gasteiger partial charge < -0.3 is 10.0 Å². The van der Waals surface area contributed by atoms with E-state index in [0.717, 1.165) is 11.1 Å². The van der Waals surface area contributed by atoms with Gasteiger partial charge in [0, 0.05) is 31.6 Å². The van der Waals surface area contributed by atoms with E-state index in [-0.39, 0.29) is 24.3 Å². The Balaban J connectivity index is 1.64. The van der Waals surface area contributed by atoms with Crippen LogP contribution in [-0.4, -0.2) is 31.7 Å². The quantitative estimate of drug-likeness (QED) is 0.657. The summed E-state index contributed by atoms with van der Waals surface area (Å²) < 4.78 is 0. The number of aryl methyl sites for hydroxylation is 1. The molecule has 3 aromatic rings. The molecular weight excluding hydrogens is 378 g/mol. The van der Waals surface area contributed by atoms with E-state index in [1.54, 1.807) is 42.9 Å². The number of pyridine rings is 2. The smallest absolute Gasteiger partial charge is 0.290 e. The number of nitrogens with zero attached hydrogens (tertiary/aromatic N) is 3. The standard InChI is InChI=1S/C24H21N3O3/c28-20(12-11-17-7-2-1-3-8-17)21-22(19-10-4-5-14-26-19)27(24(30)23(21)29)16-18-9-6-13-25-15-18/h1-10,13-15,22,29H,11-12,16H2. The van der Waals surface area contributed by atoms with Crippen molar-refractivity contribution in [3.8, 4) is 0 Å². The van der Waals surface area contributed by atoms with Crippen LogP contribution < -0.4 is 0 Å². The maximum Gasteiger partial charge on any atom is 0.290 e. The summed E-state index contributed by atoms with van der Waals surface area (Å²) >= 11 is 0. The zero-order chi connectivity index (χ0) is 20.9. The summed E-state index contributed by atoms with van der Waals surface area (Å²) in [5, 5.41) is 10.6. The molecule has 30 heavy (non-hydrogen) atoms. The molecule has 0 bridgehead atoms. The molecule has 0 spiro atoms. The Labute approximate surface area is 174 Å². The number of carbonyl (C=O) groups excluding carboxylic acids is 2. The minimum absolute atomic E-state index is 0.110. The van der Waals surface area contributed by atoms with Crippen molar-refractivity contribution in [2.75, 3.05) is 0 Å². The molecule has 0 aliphatic carbocycles. The summed E-state index contributed by atoms with van der Waals surface area (Å²) in [5.41, 5.74) is 2.48. The fourth-order valence-corrected chi connectivity index (χ4v) is 3.67. The molecule has 1 amide bonds. The Hall–Kier alpha value is -3.80. The van der Waals surface area contributed by atoms with Crippen LogP contribution >= 0.6 is 0 Å². The third-order valence-electron chi connectivity index (χ3n) is 5.13. The van der Waals surface area contributed by atoms with E-state index in [1.807, 2.05) is 36.4 Å². The van der Waals surface area contributed by atoms with E-state index in [2.05, 4.69) is 9.97 Å². The van der Waals surface area contributed by atoms with Gasteiger partial charge in [0.1, 0.15) is 6.04 Å². The van der Waals surface area contributed by atoms with Crippen molar-refractivity contribution in [1.82, 2.24) is 14.9 Å². The van der Waals surface area contributed by atoms with E-state index in [1.165, 1.54) is 4.90 Å². The van der Waals surface area contributed by atoms with E-state index in [9.17, 15) is 14.7 Å². The van der Waals surface area contributed by atoms with Crippen molar-refractivity contribution in [2.24, 2.45) is 0 Å². The molecule has 1 aromatic carbocycles. The molecule has 0 saturated heterocycles. The zero-order valence-corrected chi connectivity index (χ0v) is 16.3. The average molecular weight is 399 g/mol. The molecule has 1 atom stereocenters. The highest BCUT2D eigenvalue weighted by Crippen LogP contribution is 2.38. The highest BCUT2D eigenvalue weighted by Gasteiger charge is 2.43. The van der Waals surface area contributed by atoms with E-state index >= 15 is 0 Å². The van der Waals surface area contributed by atoms with Crippen molar-refractivity contribution in [3.63, 3.8) is 0 Å². The first-order chi connectivity index (χ1) is 14.6. The SMILES string of the molecule is O=C(CCc1ccccc1)C1=C(O)C(=O)N(Cc2cccnc2)C1c1ccccn1. The number of ketones is 1. The molecule has 3 heterocycles. The Kier molecular flexibility index (Phi) is 5.66. The number of rotatable bonds is 7. The topological polar surface area (TPSA) is 83.4 Å². The summed E-state index contributed by atoms with van der Waals surface area (Å²) in [6.07, 6.45) is 5.65. The Morgan fingerprint density at radius 3 is 2.43 bits per heavy atom. The third kappa shape index (κ3) is 3.98. The van der Waals surface area contributed by atoms with Crippen LogP contribution in [0, 0.1) is 0 Å². The van der Waals surface area contributed by atoms with Crippen LogP contribution in [0.4, 0.5) is 0 Å². The molecule has 6 nitrogen and oxygen atoms in total. The molecule has 6 heteroatoms. The Morgan fingerprint density at radius 1 is 0.967 bits per heavy atom. The molecule has 1 unspecified atom stereocenters. The van der Waals surface area contributed by atoms with E-state index in [0.29, 0.717) is 12.1 Å². The van der Waals surface area contributed by atoms with E-state index in [4.69, 9.17) is 0 Å². The number of aliphatic hydroxyl groups excluding tert-OH is 1. The lowest BCUT2D eigenvalue weighted by Crippen LogP contribution is -2.31. The number of hydrogen-bond acceptors (Lipinski definition) is 5. The van der Waals surface area contributed by atoms with Crippen LogP contribution in [0.25, 0.3) is 0 Å². The highest BCUT2D eigenvalue weighted by molar-refractivity contribution is 6.08. The number of aliphatic hydroxyl groups is 1. The van der Waals surface area contributed by atoms with Gasteiger partial charge in [-0.3, -0.25) is 19.6 Å². The summed E-state index contributed by atoms with van der Waals surface area (Å²) in [5.74, 6) is -1.32. The first-order valence-corrected chi connectivity index (χ1v) is 9.76. The van der Waals surface area contributed by atoms with Gasteiger partial charge in [0.15, 0.2) is 11.5 Å². The summed E-state index contributed by atoms with van der Waals surface area (Å²) in [7, 11) is 0. The normalized spacial score (nSPS) is 16.2. The van der Waals surface area contributed by atoms with Crippen LogP contribution in [-0.2, 0) is 22.6 Å². The highest BCUT2D eigenvalue weighted by atomic mass is 16.3. The minimum Gasteiger partial charge on any atom is -0.503 e. The first kappa shape index (κ1) is 19.5. The first-order valence-electron chi connectivity index (χ1n) is 9.76. The second-order valence-electron chi connectivity index (χ2n) is 7.12. The molecular formula is C24H21N3O3. The maximum atomic E-state index is 13.1. The third-order valence-corrected chi connectivity index (χ3v) is 5.13. The molecule has 0 saturated carbocycles. The van der Waals surface area contributed by atoms with Crippen molar-refractivity contribution < 1.29 is 14.7 Å². The van der Waals surface area contributed by atoms with Gasteiger partial charge in [-0.05, 0) is 35.7 Å². The van der Waals surface area contributed by atoms with Crippen molar-refractivity contribution >= 4 is 11.7 Å². The maximum absolute atomic E-state index is 13.1. The van der Waals surface area contributed by atoms with Crippen LogP contribution in [0.1, 0.15) is 29.3 Å². The molecule has 1 N–H and O–H groups in total. The zero-order valence-electron chi connectivity index (χ0n) is 16.3. The lowest BCUT2D eigenvalue weighted by molar-refractivity contribution is -0.130. The van der Waals surface area contributed by atoms with Crippen molar-refractivity contribution in [3.05, 3.63) is 107 Å². The van der Waals surface area contributed by atoms with Crippen LogP contribution in [0.3, 0.4) is 0 Å². The van der Waals surface area contributed by atoms with Crippen LogP contribution in [0.2, 0.25) is 0 Å². The molecule has 2 aromatic heterocycles. The lowest BCUT2D eigenvalue weighted by atomic mass is 9.95. The molecule has 1 aliphatic heterocycles.